The van der Waals surface area contributed by atoms with Gasteiger partial charge in [-0.05, 0) is 19.9 Å². The fourth-order valence-electron chi connectivity index (χ4n) is 2.28. The minimum Gasteiger partial charge on any atom is -0.396 e. The van der Waals surface area contributed by atoms with Gasteiger partial charge in [0, 0.05) is 25.1 Å². The van der Waals surface area contributed by atoms with Gasteiger partial charge in [0.1, 0.15) is 0 Å². The van der Waals surface area contributed by atoms with E-state index in [1.54, 1.807) is 13.3 Å². The van der Waals surface area contributed by atoms with Gasteiger partial charge in [-0.25, -0.2) is 0 Å². The highest BCUT2D eigenvalue weighted by Crippen LogP contribution is 2.32. The number of para-hydroxylation sites is 1. The highest BCUT2D eigenvalue weighted by Gasteiger charge is 2.16. The molecule has 19 heavy (non-hydrogen) atoms. The van der Waals surface area contributed by atoms with E-state index < -0.39 is 0 Å². The number of pyridine rings is 1. The predicted molar refractivity (Wildman–Crippen MR) is 80.5 cm³/mol. The molecule has 2 N–H and O–H groups in total. The average Bonchev–Trinajstić information content (AvgIpc) is 2.41. The zero-order valence-corrected chi connectivity index (χ0v) is 11.8. The standard InChI is InChI=1S/C15H21N3O/c1-11(2)18(8-9-19-3)15-12-6-4-5-7-14(12)17-10-13(15)16/h4-7,10-11H,8-9,16H2,1-3H3. The lowest BCUT2D eigenvalue weighted by molar-refractivity contribution is 0.204. The summed E-state index contributed by atoms with van der Waals surface area (Å²) in [5.41, 5.74) is 8.88. The molecule has 0 aliphatic carbocycles. The molecule has 2 aromatic rings. The lowest BCUT2D eigenvalue weighted by atomic mass is 10.1. The van der Waals surface area contributed by atoms with Crippen molar-refractivity contribution in [2.75, 3.05) is 30.9 Å². The molecule has 0 saturated heterocycles. The van der Waals surface area contributed by atoms with Crippen molar-refractivity contribution in [3.05, 3.63) is 30.5 Å². The molecule has 1 aromatic heterocycles. The molecule has 0 atom stereocenters. The largest absolute Gasteiger partial charge is 0.396 e. The van der Waals surface area contributed by atoms with Crippen molar-refractivity contribution in [2.45, 2.75) is 19.9 Å². The van der Waals surface area contributed by atoms with Gasteiger partial charge in [0.25, 0.3) is 0 Å². The molecule has 0 fully saturated rings. The second-order valence-electron chi connectivity index (χ2n) is 4.86. The summed E-state index contributed by atoms with van der Waals surface area (Å²) in [7, 11) is 1.71. The van der Waals surface area contributed by atoms with Crippen LogP contribution in [0.15, 0.2) is 30.5 Å². The first-order valence-electron chi connectivity index (χ1n) is 6.54. The van der Waals surface area contributed by atoms with E-state index in [0.29, 0.717) is 18.3 Å². The van der Waals surface area contributed by atoms with E-state index in [9.17, 15) is 0 Å². The van der Waals surface area contributed by atoms with Gasteiger partial charge >= 0.3 is 0 Å². The molecule has 0 aliphatic rings. The second-order valence-corrected chi connectivity index (χ2v) is 4.86. The first-order chi connectivity index (χ1) is 9.15. The second kappa shape index (κ2) is 5.89. The van der Waals surface area contributed by atoms with E-state index in [-0.39, 0.29) is 0 Å². The van der Waals surface area contributed by atoms with Crippen LogP contribution in [0.4, 0.5) is 11.4 Å². The molecule has 0 saturated carbocycles. The number of methoxy groups -OCH3 is 1. The molecule has 0 spiro atoms. The maximum atomic E-state index is 6.15. The number of hydrogen-bond donors (Lipinski definition) is 1. The van der Waals surface area contributed by atoms with E-state index >= 15 is 0 Å². The molecule has 0 amide bonds. The third kappa shape index (κ3) is 2.79. The van der Waals surface area contributed by atoms with Crippen LogP contribution in [0.5, 0.6) is 0 Å². The van der Waals surface area contributed by atoms with Crippen molar-refractivity contribution in [3.8, 4) is 0 Å². The summed E-state index contributed by atoms with van der Waals surface area (Å²) >= 11 is 0. The van der Waals surface area contributed by atoms with E-state index in [2.05, 4.69) is 29.8 Å². The monoisotopic (exact) mass is 259 g/mol. The van der Waals surface area contributed by atoms with Crippen LogP contribution in [0.3, 0.4) is 0 Å². The molecule has 0 unspecified atom stereocenters. The Morgan fingerprint density at radius 2 is 2.05 bits per heavy atom. The van der Waals surface area contributed by atoms with Crippen molar-refractivity contribution in [2.24, 2.45) is 0 Å². The highest BCUT2D eigenvalue weighted by atomic mass is 16.5. The van der Waals surface area contributed by atoms with Crippen molar-refractivity contribution in [1.29, 1.82) is 0 Å². The van der Waals surface area contributed by atoms with Crippen molar-refractivity contribution >= 4 is 22.3 Å². The molecule has 4 heteroatoms. The average molecular weight is 259 g/mol. The maximum absolute atomic E-state index is 6.15. The SMILES string of the molecule is COCCN(c1c(N)cnc2ccccc12)C(C)C. The molecule has 1 heterocycles. The normalized spacial score (nSPS) is 11.2. The Labute approximate surface area is 114 Å². The summed E-state index contributed by atoms with van der Waals surface area (Å²) in [6.07, 6.45) is 1.74. The van der Waals surface area contributed by atoms with Crippen LogP contribution in [0, 0.1) is 0 Å². The molecular formula is C15H21N3O. The predicted octanol–water partition coefficient (Wildman–Crippen LogP) is 2.68. The summed E-state index contributed by atoms with van der Waals surface area (Å²) in [6, 6.07) is 8.43. The number of nitrogen functional groups attached to an aromatic ring is 1. The van der Waals surface area contributed by atoms with Gasteiger partial charge in [0.05, 0.1) is 29.7 Å². The maximum Gasteiger partial charge on any atom is 0.0745 e. The van der Waals surface area contributed by atoms with Crippen molar-refractivity contribution in [1.82, 2.24) is 4.98 Å². The number of aromatic nitrogens is 1. The molecule has 0 bridgehead atoms. The van der Waals surface area contributed by atoms with Crippen LogP contribution >= 0.6 is 0 Å². The van der Waals surface area contributed by atoms with E-state index in [1.165, 1.54) is 0 Å². The van der Waals surface area contributed by atoms with Crippen LogP contribution in [0.2, 0.25) is 0 Å². The quantitative estimate of drug-likeness (QED) is 0.897. The highest BCUT2D eigenvalue weighted by molar-refractivity contribution is 5.97. The van der Waals surface area contributed by atoms with Gasteiger partial charge in [0.15, 0.2) is 0 Å². The minimum absolute atomic E-state index is 0.350. The van der Waals surface area contributed by atoms with Crippen LogP contribution in [-0.4, -0.2) is 31.3 Å². The summed E-state index contributed by atoms with van der Waals surface area (Å²) in [6.45, 7) is 5.80. The Bertz CT molecular complexity index is 554. The summed E-state index contributed by atoms with van der Waals surface area (Å²) < 4.78 is 5.20. The molecule has 4 nitrogen and oxygen atoms in total. The molecular weight excluding hydrogens is 238 g/mol. The Morgan fingerprint density at radius 3 is 2.74 bits per heavy atom. The number of ether oxygens (including phenoxy) is 1. The van der Waals surface area contributed by atoms with Crippen LogP contribution in [-0.2, 0) is 4.74 Å². The van der Waals surface area contributed by atoms with Gasteiger partial charge in [-0.3, -0.25) is 4.98 Å². The van der Waals surface area contributed by atoms with Gasteiger partial charge in [-0.1, -0.05) is 18.2 Å². The Balaban J connectivity index is 2.54. The Hall–Kier alpha value is -1.81. The fraction of sp³-hybridized carbons (Fsp3) is 0.400. The van der Waals surface area contributed by atoms with Gasteiger partial charge < -0.3 is 15.4 Å². The van der Waals surface area contributed by atoms with Gasteiger partial charge in [-0.2, -0.15) is 0 Å². The third-order valence-electron chi connectivity index (χ3n) is 3.22. The summed E-state index contributed by atoms with van der Waals surface area (Å²) in [5, 5.41) is 1.09. The van der Waals surface area contributed by atoms with Gasteiger partial charge in [-0.15, -0.1) is 0 Å². The number of benzene rings is 1. The fourth-order valence-corrected chi connectivity index (χ4v) is 2.28. The van der Waals surface area contributed by atoms with Crippen LogP contribution in [0.25, 0.3) is 10.9 Å². The summed E-state index contributed by atoms with van der Waals surface area (Å²) in [4.78, 5) is 6.65. The van der Waals surface area contributed by atoms with Crippen LogP contribution < -0.4 is 10.6 Å². The molecule has 0 radical (unpaired) electrons. The number of nitrogens with zero attached hydrogens (tertiary/aromatic N) is 2. The van der Waals surface area contributed by atoms with Crippen molar-refractivity contribution in [3.63, 3.8) is 0 Å². The first kappa shape index (κ1) is 13.6. The summed E-state index contributed by atoms with van der Waals surface area (Å²) in [5.74, 6) is 0. The van der Waals surface area contributed by atoms with E-state index in [4.69, 9.17) is 10.5 Å². The third-order valence-corrected chi connectivity index (χ3v) is 3.22. The number of fused-ring (bicyclic) bond motifs is 1. The smallest absolute Gasteiger partial charge is 0.0745 e. The number of nitrogens with two attached hydrogens (primary N) is 1. The molecule has 102 valence electrons. The number of anilines is 2. The van der Waals surface area contributed by atoms with E-state index in [1.807, 2.05) is 18.2 Å². The number of hydrogen-bond acceptors (Lipinski definition) is 4. The zero-order chi connectivity index (χ0) is 13.8. The van der Waals surface area contributed by atoms with Gasteiger partial charge in [0.2, 0.25) is 0 Å². The van der Waals surface area contributed by atoms with Crippen molar-refractivity contribution < 1.29 is 4.74 Å². The molecule has 1 aromatic carbocycles. The first-order valence-corrected chi connectivity index (χ1v) is 6.54. The zero-order valence-electron chi connectivity index (χ0n) is 11.8. The Morgan fingerprint density at radius 1 is 1.32 bits per heavy atom. The minimum atomic E-state index is 0.350. The molecule has 2 rings (SSSR count). The lowest BCUT2D eigenvalue weighted by Crippen LogP contribution is -2.34. The lowest BCUT2D eigenvalue weighted by Gasteiger charge is -2.30. The Kier molecular flexibility index (Phi) is 4.22. The topological polar surface area (TPSA) is 51.4 Å². The number of rotatable bonds is 5. The van der Waals surface area contributed by atoms with E-state index in [0.717, 1.165) is 23.1 Å². The molecule has 0 aliphatic heterocycles. The van der Waals surface area contributed by atoms with Crippen LogP contribution in [0.1, 0.15) is 13.8 Å².